The number of aromatic nitrogens is 1. The highest BCUT2D eigenvalue weighted by Crippen LogP contribution is 2.38. The first-order valence-corrected chi connectivity index (χ1v) is 16.0. The van der Waals surface area contributed by atoms with E-state index in [1.165, 1.54) is 108 Å². The van der Waals surface area contributed by atoms with Crippen LogP contribution in [-0.4, -0.2) is 11.2 Å². The zero-order chi connectivity index (χ0) is 24.7. The lowest BCUT2D eigenvalue weighted by Crippen LogP contribution is -2.13. The third-order valence-electron chi connectivity index (χ3n) is 7.83. The fourth-order valence-corrected chi connectivity index (χ4v) is 6.80. The third kappa shape index (κ3) is 10.6. The zero-order valence-electron chi connectivity index (χ0n) is 22.0. The summed E-state index contributed by atoms with van der Waals surface area (Å²) in [5, 5.41) is 0. The van der Waals surface area contributed by atoms with E-state index >= 15 is 0 Å². The first-order chi connectivity index (χ1) is 17.2. The van der Waals surface area contributed by atoms with E-state index in [9.17, 15) is 0 Å². The molecule has 0 unspecified atom stereocenters. The molecule has 1 aromatic carbocycles. The van der Waals surface area contributed by atoms with Crippen molar-refractivity contribution in [3.63, 3.8) is 0 Å². The van der Waals surface area contributed by atoms with Gasteiger partial charge in [-0.05, 0) is 112 Å². The maximum absolute atomic E-state index is 6.02. The van der Waals surface area contributed by atoms with Crippen molar-refractivity contribution in [1.29, 1.82) is 0 Å². The van der Waals surface area contributed by atoms with Gasteiger partial charge in [0.1, 0.15) is 5.75 Å². The highest BCUT2D eigenvalue weighted by molar-refractivity contribution is 9.11. The van der Waals surface area contributed by atoms with Gasteiger partial charge in [-0.2, -0.15) is 0 Å². The molecule has 0 amide bonds. The van der Waals surface area contributed by atoms with Crippen LogP contribution in [0.5, 0.6) is 5.75 Å². The summed E-state index contributed by atoms with van der Waals surface area (Å²) in [7, 11) is 0. The fourth-order valence-electron chi connectivity index (χ4n) is 5.56. The average molecular weight is 610 g/mol. The van der Waals surface area contributed by atoms with Gasteiger partial charge in [-0.25, -0.2) is 0 Å². The second-order valence-electron chi connectivity index (χ2n) is 10.6. The zero-order valence-corrected chi connectivity index (χ0v) is 25.1. The number of nitrogens with zero attached hydrogens (tertiary/aromatic N) is 1. The van der Waals surface area contributed by atoms with Crippen LogP contribution in [0.4, 0.5) is 0 Å². The maximum atomic E-state index is 6.02. The third-order valence-corrected chi connectivity index (χ3v) is 9.22. The highest BCUT2D eigenvalue weighted by Gasteiger charge is 2.22. The number of hydrogen-bond acceptors (Lipinski definition) is 1. The Balaban J connectivity index is 1.16. The summed E-state index contributed by atoms with van der Waals surface area (Å²) in [6.07, 6.45) is 21.7. The van der Waals surface area contributed by atoms with E-state index in [-0.39, 0.29) is 0 Å². The Bertz CT molecular complexity index is 788. The van der Waals surface area contributed by atoms with E-state index in [1.54, 1.807) is 0 Å². The molecule has 1 fully saturated rings. The van der Waals surface area contributed by atoms with Gasteiger partial charge in [0.25, 0.3) is 0 Å². The van der Waals surface area contributed by atoms with Crippen LogP contribution >= 0.6 is 31.9 Å². The first-order valence-electron chi connectivity index (χ1n) is 14.4. The molecule has 0 N–H and O–H groups in total. The summed E-state index contributed by atoms with van der Waals surface area (Å²) in [6, 6.07) is 13.3. The van der Waals surface area contributed by atoms with Crippen molar-refractivity contribution < 1.29 is 4.74 Å². The Morgan fingerprint density at radius 3 is 1.94 bits per heavy atom. The van der Waals surface area contributed by atoms with Gasteiger partial charge in [-0.1, -0.05) is 83.3 Å². The standard InChI is InChI=1S/C31H47Br2NO/c1-2-3-10-13-26-14-16-27(17-15-26)28-18-20-29(21-19-28)35-25-12-9-7-5-4-6-8-11-24-34-30(32)22-23-31(34)33/h18-23,26-27H,2-17,24-25H2,1H3. The van der Waals surface area contributed by atoms with E-state index in [0.717, 1.165) is 39.9 Å². The summed E-state index contributed by atoms with van der Waals surface area (Å²) >= 11 is 7.22. The Labute approximate surface area is 231 Å². The van der Waals surface area contributed by atoms with Crippen molar-refractivity contribution in [2.75, 3.05) is 6.61 Å². The predicted octanol–water partition coefficient (Wildman–Crippen LogP) is 11.1. The molecule has 2 aromatic rings. The van der Waals surface area contributed by atoms with Crippen LogP contribution in [0.3, 0.4) is 0 Å². The van der Waals surface area contributed by atoms with E-state index in [0.29, 0.717) is 0 Å². The minimum Gasteiger partial charge on any atom is -0.494 e. The quantitative estimate of drug-likeness (QED) is 0.163. The molecule has 1 heterocycles. The van der Waals surface area contributed by atoms with Gasteiger partial charge in [-0.3, -0.25) is 0 Å². The molecule has 0 aliphatic heterocycles. The molecule has 0 spiro atoms. The number of benzene rings is 1. The maximum Gasteiger partial charge on any atom is 0.119 e. The van der Waals surface area contributed by atoms with E-state index in [1.807, 2.05) is 0 Å². The van der Waals surface area contributed by atoms with Crippen molar-refractivity contribution in [2.45, 2.75) is 122 Å². The number of ether oxygens (including phenoxy) is 1. The monoisotopic (exact) mass is 607 g/mol. The van der Waals surface area contributed by atoms with Crippen LogP contribution < -0.4 is 4.74 Å². The smallest absolute Gasteiger partial charge is 0.119 e. The lowest BCUT2D eigenvalue weighted by molar-refractivity contribution is 0.299. The van der Waals surface area contributed by atoms with Crippen molar-refractivity contribution in [2.24, 2.45) is 5.92 Å². The second-order valence-corrected chi connectivity index (χ2v) is 12.2. The van der Waals surface area contributed by atoms with Gasteiger partial charge in [-0.15, -0.1) is 0 Å². The molecule has 4 heteroatoms. The van der Waals surface area contributed by atoms with Gasteiger partial charge < -0.3 is 9.30 Å². The summed E-state index contributed by atoms with van der Waals surface area (Å²) in [6.45, 7) is 4.25. The van der Waals surface area contributed by atoms with Crippen LogP contribution in [0.15, 0.2) is 45.6 Å². The number of halogens is 2. The molecule has 0 atom stereocenters. The number of unbranched alkanes of at least 4 members (excludes halogenated alkanes) is 9. The largest absolute Gasteiger partial charge is 0.494 e. The molecule has 0 radical (unpaired) electrons. The SMILES string of the molecule is CCCCCC1CCC(c2ccc(OCCCCCCCCCCn3c(Br)ccc3Br)cc2)CC1. The van der Waals surface area contributed by atoms with Crippen LogP contribution in [0.1, 0.15) is 121 Å². The Hall–Kier alpha value is -0.740. The Kier molecular flexibility index (Phi) is 13.9. The van der Waals surface area contributed by atoms with Crippen LogP contribution in [0.25, 0.3) is 0 Å². The molecule has 35 heavy (non-hydrogen) atoms. The first kappa shape index (κ1) is 28.8. The summed E-state index contributed by atoms with van der Waals surface area (Å²) in [5.41, 5.74) is 1.53. The van der Waals surface area contributed by atoms with Gasteiger partial charge in [0.2, 0.25) is 0 Å². The summed E-state index contributed by atoms with van der Waals surface area (Å²) in [5.74, 6) is 2.80. The van der Waals surface area contributed by atoms with Crippen LogP contribution in [0.2, 0.25) is 0 Å². The predicted molar refractivity (Wildman–Crippen MR) is 158 cm³/mol. The minimum atomic E-state index is 0.768. The molecule has 0 bridgehead atoms. The van der Waals surface area contributed by atoms with E-state index in [2.05, 4.69) is 79.7 Å². The molecular formula is C31H47Br2NO. The van der Waals surface area contributed by atoms with Crippen molar-refractivity contribution in [3.8, 4) is 5.75 Å². The van der Waals surface area contributed by atoms with Crippen LogP contribution in [-0.2, 0) is 6.54 Å². The number of hydrogen-bond donors (Lipinski definition) is 0. The lowest BCUT2D eigenvalue weighted by Gasteiger charge is -2.29. The molecule has 1 aliphatic carbocycles. The van der Waals surface area contributed by atoms with Gasteiger partial charge in [0, 0.05) is 6.54 Å². The molecule has 3 rings (SSSR count). The van der Waals surface area contributed by atoms with Gasteiger partial charge in [0.05, 0.1) is 15.8 Å². The topological polar surface area (TPSA) is 14.2 Å². The van der Waals surface area contributed by atoms with Crippen molar-refractivity contribution in [1.82, 2.24) is 4.57 Å². The second kappa shape index (κ2) is 16.9. The van der Waals surface area contributed by atoms with Gasteiger partial charge >= 0.3 is 0 Å². The van der Waals surface area contributed by atoms with Gasteiger partial charge in [0.15, 0.2) is 0 Å². The molecule has 1 aliphatic rings. The summed E-state index contributed by atoms with van der Waals surface area (Å²) in [4.78, 5) is 0. The fraction of sp³-hybridized carbons (Fsp3) is 0.677. The normalized spacial score (nSPS) is 18.1. The van der Waals surface area contributed by atoms with Crippen molar-refractivity contribution >= 4 is 31.9 Å². The van der Waals surface area contributed by atoms with Crippen molar-refractivity contribution in [3.05, 3.63) is 51.2 Å². The van der Waals surface area contributed by atoms with E-state index in [4.69, 9.17) is 4.74 Å². The molecular weight excluding hydrogens is 562 g/mol. The minimum absolute atomic E-state index is 0.768. The van der Waals surface area contributed by atoms with E-state index < -0.39 is 0 Å². The Morgan fingerprint density at radius 2 is 1.31 bits per heavy atom. The summed E-state index contributed by atoms with van der Waals surface area (Å²) < 4.78 is 10.6. The molecule has 1 saturated carbocycles. The number of rotatable bonds is 17. The lowest BCUT2D eigenvalue weighted by atomic mass is 9.77. The highest BCUT2D eigenvalue weighted by atomic mass is 79.9. The molecule has 2 nitrogen and oxygen atoms in total. The Morgan fingerprint density at radius 1 is 0.714 bits per heavy atom. The van der Waals surface area contributed by atoms with Crippen LogP contribution in [0, 0.1) is 5.92 Å². The molecule has 0 saturated heterocycles. The average Bonchev–Trinajstić information content (AvgIpc) is 3.20. The molecule has 1 aromatic heterocycles. The molecule has 196 valence electrons.